The lowest BCUT2D eigenvalue weighted by molar-refractivity contribution is -0.175. The lowest BCUT2D eigenvalue weighted by Crippen LogP contribution is -2.43. The normalized spacial score (nSPS) is 23.4. The van der Waals surface area contributed by atoms with Gasteiger partial charge < -0.3 is 0 Å². The molecule has 1 aliphatic carbocycles. The highest BCUT2D eigenvalue weighted by atomic mass is 32.2. The smallest absolute Gasteiger partial charge is 0.272 e. The van der Waals surface area contributed by atoms with E-state index in [4.69, 9.17) is 4.28 Å². The van der Waals surface area contributed by atoms with Crippen LogP contribution in [-0.2, 0) is 24.0 Å². The third kappa shape index (κ3) is 2.89. The molecule has 1 heterocycles. The molecule has 0 spiro atoms. The van der Waals surface area contributed by atoms with E-state index in [1.807, 2.05) is 0 Å². The van der Waals surface area contributed by atoms with Gasteiger partial charge in [0.15, 0.2) is 0 Å². The molecule has 0 atom stereocenters. The van der Waals surface area contributed by atoms with Gasteiger partial charge in [0.2, 0.25) is 0 Å². The summed E-state index contributed by atoms with van der Waals surface area (Å²) in [5, 5.41) is -0.151. The van der Waals surface area contributed by atoms with Crippen molar-refractivity contribution in [2.45, 2.75) is 56.6 Å². The van der Waals surface area contributed by atoms with Gasteiger partial charge >= 0.3 is 0 Å². The second-order valence-electron chi connectivity index (χ2n) is 4.76. The van der Waals surface area contributed by atoms with E-state index in [1.165, 1.54) is 0 Å². The molecule has 0 N–H and O–H groups in total. The summed E-state index contributed by atoms with van der Waals surface area (Å²) >= 11 is 0. The number of piperidine rings is 1. The van der Waals surface area contributed by atoms with Gasteiger partial charge in [-0.3, -0.25) is 9.59 Å². The quantitative estimate of drug-likeness (QED) is 0.721. The zero-order valence-corrected chi connectivity index (χ0v) is 10.9. The highest BCUT2D eigenvalue weighted by molar-refractivity contribution is 7.87. The van der Waals surface area contributed by atoms with E-state index >= 15 is 0 Å². The highest BCUT2D eigenvalue weighted by Gasteiger charge is 2.36. The summed E-state index contributed by atoms with van der Waals surface area (Å²) in [6, 6.07) is 0. The third-order valence-electron chi connectivity index (χ3n) is 3.37. The van der Waals surface area contributed by atoms with Crippen LogP contribution in [0.2, 0.25) is 0 Å². The largest absolute Gasteiger partial charge is 0.291 e. The minimum atomic E-state index is -3.86. The van der Waals surface area contributed by atoms with Crippen molar-refractivity contribution >= 4 is 21.9 Å². The number of carbonyl (C=O) groups is 2. The van der Waals surface area contributed by atoms with Crippen molar-refractivity contribution in [1.82, 2.24) is 5.06 Å². The van der Waals surface area contributed by atoms with Crippen LogP contribution in [0.25, 0.3) is 0 Å². The fourth-order valence-electron chi connectivity index (χ4n) is 2.33. The van der Waals surface area contributed by atoms with Crippen molar-refractivity contribution in [1.29, 1.82) is 0 Å². The molecule has 1 aliphatic heterocycles. The first-order chi connectivity index (χ1) is 8.50. The summed E-state index contributed by atoms with van der Waals surface area (Å²) < 4.78 is 28.7. The Morgan fingerprint density at radius 1 is 0.944 bits per heavy atom. The zero-order valence-electron chi connectivity index (χ0n) is 10.1. The topological polar surface area (TPSA) is 80.8 Å². The van der Waals surface area contributed by atoms with Crippen LogP contribution in [0.15, 0.2) is 0 Å². The Morgan fingerprint density at radius 2 is 1.50 bits per heavy atom. The van der Waals surface area contributed by atoms with Crippen LogP contribution in [0.4, 0.5) is 0 Å². The van der Waals surface area contributed by atoms with Gasteiger partial charge in [0.05, 0.1) is 5.25 Å². The maximum atomic E-state index is 12.0. The fraction of sp³-hybridized carbons (Fsp3) is 0.818. The van der Waals surface area contributed by atoms with E-state index in [0.717, 1.165) is 19.3 Å². The predicted octanol–water partition coefficient (Wildman–Crippen LogP) is 1.12. The van der Waals surface area contributed by atoms with E-state index in [0.29, 0.717) is 24.3 Å². The van der Waals surface area contributed by atoms with Crippen molar-refractivity contribution in [2.24, 2.45) is 0 Å². The van der Waals surface area contributed by atoms with Crippen molar-refractivity contribution in [2.75, 3.05) is 0 Å². The molecule has 18 heavy (non-hydrogen) atoms. The van der Waals surface area contributed by atoms with E-state index in [9.17, 15) is 18.0 Å². The zero-order chi connectivity index (χ0) is 13.2. The molecule has 0 aromatic rings. The van der Waals surface area contributed by atoms with Crippen LogP contribution in [-0.4, -0.2) is 30.5 Å². The molecule has 102 valence electrons. The molecule has 0 unspecified atom stereocenters. The molecule has 2 amide bonds. The van der Waals surface area contributed by atoms with Crippen LogP contribution in [0.5, 0.6) is 0 Å². The van der Waals surface area contributed by atoms with Crippen molar-refractivity contribution in [3.63, 3.8) is 0 Å². The average Bonchev–Trinajstić information content (AvgIpc) is 2.35. The van der Waals surface area contributed by atoms with E-state index < -0.39 is 27.2 Å². The number of hydrogen-bond acceptors (Lipinski definition) is 5. The molecule has 0 aromatic heterocycles. The van der Waals surface area contributed by atoms with Gasteiger partial charge in [-0.05, 0) is 19.3 Å². The molecule has 2 rings (SSSR count). The van der Waals surface area contributed by atoms with Crippen molar-refractivity contribution in [3.05, 3.63) is 0 Å². The summed E-state index contributed by atoms with van der Waals surface area (Å²) in [5.41, 5.74) is 0. The monoisotopic (exact) mass is 275 g/mol. The number of rotatable bonds is 3. The Balaban J connectivity index is 2.06. The van der Waals surface area contributed by atoms with E-state index in [1.54, 1.807) is 0 Å². The van der Waals surface area contributed by atoms with Gasteiger partial charge in [-0.2, -0.15) is 8.42 Å². The van der Waals surface area contributed by atoms with Gasteiger partial charge in [-0.1, -0.05) is 19.3 Å². The van der Waals surface area contributed by atoms with Crippen molar-refractivity contribution < 1.29 is 22.3 Å². The number of nitrogens with zero attached hydrogens (tertiary/aromatic N) is 1. The maximum Gasteiger partial charge on any atom is 0.291 e. The molecule has 7 heteroatoms. The summed E-state index contributed by atoms with van der Waals surface area (Å²) in [4.78, 5) is 23.0. The number of hydrogen-bond donors (Lipinski definition) is 0. The van der Waals surface area contributed by atoms with Gasteiger partial charge in [0, 0.05) is 12.8 Å². The lowest BCUT2D eigenvalue weighted by atomic mass is 10.0. The Bertz CT molecular complexity index is 422. The summed E-state index contributed by atoms with van der Waals surface area (Å²) in [6.07, 6.45) is 4.56. The SMILES string of the molecule is O=C1CCCC(=O)N1OS(=O)(=O)C1CCCCC1. The van der Waals surface area contributed by atoms with Crippen LogP contribution in [0.1, 0.15) is 51.4 Å². The van der Waals surface area contributed by atoms with Gasteiger partial charge in [0.25, 0.3) is 21.9 Å². The van der Waals surface area contributed by atoms with E-state index in [-0.39, 0.29) is 12.8 Å². The minimum Gasteiger partial charge on any atom is -0.272 e. The number of hydroxylamine groups is 2. The maximum absolute atomic E-state index is 12.0. The standard InChI is InChI=1S/C11H17NO5S/c13-10-7-4-8-11(14)12(10)17-18(15,16)9-5-2-1-3-6-9/h9H,1-8H2. The molecule has 2 fully saturated rings. The second-order valence-corrected chi connectivity index (χ2v) is 6.56. The first-order valence-electron chi connectivity index (χ1n) is 6.30. The summed E-state index contributed by atoms with van der Waals surface area (Å²) in [5.74, 6) is -1.13. The fourth-order valence-corrected chi connectivity index (χ4v) is 3.74. The molecule has 2 aliphatic rings. The van der Waals surface area contributed by atoms with Crippen LogP contribution in [0.3, 0.4) is 0 Å². The molecule has 1 saturated heterocycles. The molecule has 1 saturated carbocycles. The number of carbonyl (C=O) groups excluding carboxylic acids is 2. The van der Waals surface area contributed by atoms with Crippen molar-refractivity contribution in [3.8, 4) is 0 Å². The van der Waals surface area contributed by atoms with E-state index in [2.05, 4.69) is 0 Å². The molecular formula is C11H17NO5S. The van der Waals surface area contributed by atoms with Crippen LogP contribution >= 0.6 is 0 Å². The van der Waals surface area contributed by atoms with Crippen LogP contribution in [0, 0.1) is 0 Å². The lowest BCUT2D eigenvalue weighted by Gasteiger charge is -2.26. The first-order valence-corrected chi connectivity index (χ1v) is 7.77. The highest BCUT2D eigenvalue weighted by Crippen LogP contribution is 2.26. The Hall–Kier alpha value is -0.950. The average molecular weight is 275 g/mol. The molecular weight excluding hydrogens is 258 g/mol. The molecule has 6 nitrogen and oxygen atoms in total. The van der Waals surface area contributed by atoms with Gasteiger partial charge in [-0.25, -0.2) is 0 Å². The molecule has 0 radical (unpaired) electrons. The van der Waals surface area contributed by atoms with Gasteiger partial charge in [0.1, 0.15) is 0 Å². The number of imide groups is 1. The Labute approximate surface area is 106 Å². The summed E-state index contributed by atoms with van der Waals surface area (Å²) in [6.45, 7) is 0. The molecule has 0 aromatic carbocycles. The Morgan fingerprint density at radius 3 is 2.06 bits per heavy atom. The first kappa shape index (κ1) is 13.5. The minimum absolute atomic E-state index is 0.159. The second kappa shape index (κ2) is 5.36. The van der Waals surface area contributed by atoms with Crippen LogP contribution < -0.4 is 0 Å². The number of amides is 2. The predicted molar refractivity (Wildman–Crippen MR) is 62.6 cm³/mol. The summed E-state index contributed by atoms with van der Waals surface area (Å²) in [7, 11) is -3.86. The molecule has 0 bridgehead atoms. The third-order valence-corrected chi connectivity index (χ3v) is 5.02. The Kier molecular flexibility index (Phi) is 4.01. The van der Waals surface area contributed by atoms with Gasteiger partial charge in [-0.15, -0.1) is 9.35 Å².